The molecule has 1 saturated heterocycles. The minimum atomic E-state index is -3.77. The molecule has 5 nitrogen and oxygen atoms in total. The van der Waals surface area contributed by atoms with Gasteiger partial charge in [-0.05, 0) is 44.0 Å². The summed E-state index contributed by atoms with van der Waals surface area (Å²) in [6.45, 7) is 3.23. The van der Waals surface area contributed by atoms with Crippen molar-refractivity contribution in [3.05, 3.63) is 29.3 Å². The van der Waals surface area contributed by atoms with Crippen LogP contribution in [-0.4, -0.2) is 49.8 Å². The van der Waals surface area contributed by atoms with E-state index in [1.165, 1.54) is 12.1 Å². The molecule has 1 amide bonds. The molecule has 3 rings (SSSR count). The normalized spacial score (nSPS) is 24.1. The minimum absolute atomic E-state index is 0.0700. The second-order valence-corrected chi connectivity index (χ2v) is 9.29. The van der Waals surface area contributed by atoms with E-state index in [1.54, 1.807) is 17.0 Å². The Kier molecular flexibility index (Phi) is 4.91. The highest BCUT2D eigenvalue weighted by atomic mass is 35.5. The van der Waals surface area contributed by atoms with Crippen molar-refractivity contribution in [1.82, 2.24) is 4.90 Å². The Morgan fingerprint density at radius 2 is 1.88 bits per heavy atom. The molecule has 0 bridgehead atoms. The third kappa shape index (κ3) is 2.95. The van der Waals surface area contributed by atoms with E-state index in [4.69, 9.17) is 16.3 Å². The number of hydrogen-bond donors (Lipinski definition) is 0. The van der Waals surface area contributed by atoms with Gasteiger partial charge in [-0.1, -0.05) is 24.4 Å². The van der Waals surface area contributed by atoms with Gasteiger partial charge >= 0.3 is 0 Å². The summed E-state index contributed by atoms with van der Waals surface area (Å²) in [5, 5.41) is 0.475. The first-order valence-corrected chi connectivity index (χ1v) is 10.1. The summed E-state index contributed by atoms with van der Waals surface area (Å²) in [6, 6.07) is 6.09. The molecule has 1 aliphatic heterocycles. The van der Waals surface area contributed by atoms with E-state index >= 15 is 0 Å². The Labute approximate surface area is 147 Å². The molecule has 0 unspecified atom stereocenters. The molecule has 0 spiro atoms. The zero-order valence-corrected chi connectivity index (χ0v) is 15.3. The second-order valence-electron chi connectivity index (χ2n) is 6.59. The van der Waals surface area contributed by atoms with Gasteiger partial charge < -0.3 is 9.64 Å². The van der Waals surface area contributed by atoms with Crippen molar-refractivity contribution in [2.24, 2.45) is 0 Å². The quantitative estimate of drug-likeness (QED) is 0.819. The number of amides is 1. The fourth-order valence-corrected chi connectivity index (χ4v) is 5.93. The molecule has 2 fully saturated rings. The summed E-state index contributed by atoms with van der Waals surface area (Å²) in [5.74, 6) is -0.273. The molecule has 1 atom stereocenters. The molecular weight excluding hydrogens is 350 g/mol. The third-order valence-corrected chi connectivity index (χ3v) is 7.72. The molecular formula is C17H22ClNO4S. The predicted molar refractivity (Wildman–Crippen MR) is 91.8 cm³/mol. The lowest BCUT2D eigenvalue weighted by Crippen LogP contribution is -2.56. The van der Waals surface area contributed by atoms with Crippen molar-refractivity contribution in [2.75, 3.05) is 19.7 Å². The van der Waals surface area contributed by atoms with Gasteiger partial charge in [0.15, 0.2) is 14.6 Å². The standard InChI is InChI=1S/C17H22ClNO4S/c1-13-12-19(10-11-23-13)16(20)17(8-2-3-9-17)24(21,22)15-6-4-14(18)5-7-15/h4-7,13H,2-3,8-12H2,1H3/t13-/m1/s1. The molecule has 1 saturated carbocycles. The average Bonchev–Trinajstić information content (AvgIpc) is 3.06. The molecule has 0 aromatic heterocycles. The first-order chi connectivity index (χ1) is 11.4. The highest BCUT2D eigenvalue weighted by molar-refractivity contribution is 7.93. The van der Waals surface area contributed by atoms with Crippen LogP contribution in [0.3, 0.4) is 0 Å². The first kappa shape index (κ1) is 17.7. The van der Waals surface area contributed by atoms with Gasteiger partial charge in [-0.25, -0.2) is 8.42 Å². The number of nitrogens with zero attached hydrogens (tertiary/aromatic N) is 1. The van der Waals surface area contributed by atoms with Gasteiger partial charge in [0.25, 0.3) is 0 Å². The van der Waals surface area contributed by atoms with Crippen LogP contribution in [0.1, 0.15) is 32.6 Å². The van der Waals surface area contributed by atoms with E-state index in [9.17, 15) is 13.2 Å². The molecule has 2 aliphatic rings. The molecule has 0 radical (unpaired) electrons. The van der Waals surface area contributed by atoms with Crippen molar-refractivity contribution in [1.29, 1.82) is 0 Å². The summed E-state index contributed by atoms with van der Waals surface area (Å²) in [5.41, 5.74) is 0. The van der Waals surface area contributed by atoms with E-state index in [1.807, 2.05) is 6.92 Å². The lowest BCUT2D eigenvalue weighted by Gasteiger charge is -2.37. The van der Waals surface area contributed by atoms with E-state index in [2.05, 4.69) is 0 Å². The van der Waals surface area contributed by atoms with Crippen LogP contribution in [-0.2, 0) is 19.4 Å². The molecule has 1 aromatic rings. The van der Waals surface area contributed by atoms with E-state index in [-0.39, 0.29) is 16.9 Å². The zero-order chi connectivity index (χ0) is 17.4. The summed E-state index contributed by atoms with van der Waals surface area (Å²) < 4.78 is 30.8. The fraction of sp³-hybridized carbons (Fsp3) is 0.588. The smallest absolute Gasteiger partial charge is 0.244 e. The molecule has 1 aromatic carbocycles. The number of benzene rings is 1. The number of sulfone groups is 1. The first-order valence-electron chi connectivity index (χ1n) is 8.28. The summed E-state index contributed by atoms with van der Waals surface area (Å²) in [6.07, 6.45) is 2.18. The Morgan fingerprint density at radius 3 is 2.46 bits per heavy atom. The molecule has 132 valence electrons. The van der Waals surface area contributed by atoms with Gasteiger partial charge in [-0.3, -0.25) is 4.79 Å². The van der Waals surface area contributed by atoms with Gasteiger partial charge in [-0.2, -0.15) is 0 Å². The van der Waals surface area contributed by atoms with Crippen LogP contribution < -0.4 is 0 Å². The van der Waals surface area contributed by atoms with Crippen LogP contribution in [0, 0.1) is 0 Å². The molecule has 1 aliphatic carbocycles. The third-order valence-electron chi connectivity index (χ3n) is 4.97. The molecule has 24 heavy (non-hydrogen) atoms. The number of hydrogen-bond acceptors (Lipinski definition) is 4. The molecule has 0 N–H and O–H groups in total. The number of halogens is 1. The Hall–Kier alpha value is -1.11. The summed E-state index contributed by atoms with van der Waals surface area (Å²) in [4.78, 5) is 15.0. The number of carbonyl (C=O) groups excluding carboxylic acids is 1. The monoisotopic (exact) mass is 371 g/mol. The van der Waals surface area contributed by atoms with E-state index < -0.39 is 14.6 Å². The SMILES string of the molecule is C[C@@H]1CN(C(=O)C2(S(=O)(=O)c3ccc(Cl)cc3)CCCC2)CCO1. The number of carbonyl (C=O) groups is 1. The number of ether oxygens (including phenoxy) is 1. The van der Waals surface area contributed by atoms with Crippen LogP contribution in [0.4, 0.5) is 0 Å². The highest BCUT2D eigenvalue weighted by Gasteiger charge is 2.54. The van der Waals surface area contributed by atoms with Gasteiger partial charge in [-0.15, -0.1) is 0 Å². The van der Waals surface area contributed by atoms with Crippen LogP contribution in [0.5, 0.6) is 0 Å². The topological polar surface area (TPSA) is 63.7 Å². The maximum absolute atomic E-state index is 13.3. The Morgan fingerprint density at radius 1 is 1.25 bits per heavy atom. The van der Waals surface area contributed by atoms with Gasteiger partial charge in [0.05, 0.1) is 17.6 Å². The van der Waals surface area contributed by atoms with Gasteiger partial charge in [0.2, 0.25) is 5.91 Å². The van der Waals surface area contributed by atoms with Crippen LogP contribution in [0.25, 0.3) is 0 Å². The van der Waals surface area contributed by atoms with Crippen molar-refractivity contribution >= 4 is 27.3 Å². The van der Waals surface area contributed by atoms with Crippen molar-refractivity contribution in [3.8, 4) is 0 Å². The minimum Gasteiger partial charge on any atom is -0.375 e. The molecule has 1 heterocycles. The fourth-order valence-electron chi connectivity index (χ4n) is 3.67. The molecule has 7 heteroatoms. The Balaban J connectivity index is 1.98. The maximum Gasteiger partial charge on any atom is 0.244 e. The van der Waals surface area contributed by atoms with Crippen molar-refractivity contribution < 1.29 is 17.9 Å². The van der Waals surface area contributed by atoms with E-state index in [0.717, 1.165) is 12.8 Å². The lowest BCUT2D eigenvalue weighted by atomic mass is 10.0. The Bertz CT molecular complexity index is 711. The number of rotatable bonds is 3. The van der Waals surface area contributed by atoms with Gasteiger partial charge in [0, 0.05) is 18.1 Å². The average molecular weight is 372 g/mol. The summed E-state index contributed by atoms with van der Waals surface area (Å²) in [7, 11) is -3.77. The predicted octanol–water partition coefficient (Wildman–Crippen LogP) is 2.67. The summed E-state index contributed by atoms with van der Waals surface area (Å²) >= 11 is 5.87. The van der Waals surface area contributed by atoms with E-state index in [0.29, 0.717) is 37.6 Å². The second kappa shape index (κ2) is 6.65. The van der Waals surface area contributed by atoms with Crippen LogP contribution >= 0.6 is 11.6 Å². The van der Waals surface area contributed by atoms with Crippen LogP contribution in [0.2, 0.25) is 5.02 Å². The highest BCUT2D eigenvalue weighted by Crippen LogP contribution is 2.42. The van der Waals surface area contributed by atoms with Crippen molar-refractivity contribution in [2.45, 2.75) is 48.4 Å². The number of morpholine rings is 1. The largest absolute Gasteiger partial charge is 0.375 e. The maximum atomic E-state index is 13.3. The zero-order valence-electron chi connectivity index (χ0n) is 13.7. The van der Waals surface area contributed by atoms with Gasteiger partial charge in [0.1, 0.15) is 0 Å². The van der Waals surface area contributed by atoms with Crippen LogP contribution in [0.15, 0.2) is 29.2 Å². The lowest BCUT2D eigenvalue weighted by molar-refractivity contribution is -0.140. The van der Waals surface area contributed by atoms with Crippen molar-refractivity contribution in [3.63, 3.8) is 0 Å².